The van der Waals surface area contributed by atoms with Gasteiger partial charge in [-0.05, 0) is 36.2 Å². The third kappa shape index (κ3) is 4.36. The van der Waals surface area contributed by atoms with Gasteiger partial charge in [0.2, 0.25) is 0 Å². The van der Waals surface area contributed by atoms with Crippen molar-refractivity contribution >= 4 is 17.6 Å². The van der Waals surface area contributed by atoms with Crippen LogP contribution < -0.4 is 10.6 Å². The number of methoxy groups -OCH3 is 1. The van der Waals surface area contributed by atoms with Gasteiger partial charge in [0.15, 0.2) is 0 Å². The third-order valence-electron chi connectivity index (χ3n) is 4.90. The highest BCUT2D eigenvalue weighted by molar-refractivity contribution is 6.15. The second-order valence-corrected chi connectivity index (χ2v) is 7.09. The number of hydrogen-bond acceptors (Lipinski definition) is 5. The topological polar surface area (TPSA) is 88.5 Å². The normalized spacial score (nSPS) is 13.3. The molecule has 7 nitrogen and oxygen atoms in total. The number of fused-ring (bicyclic) bond motifs is 1. The average Bonchev–Trinajstić information content (AvgIpc) is 3.17. The number of aromatic nitrogens is 2. The number of rotatable bonds is 6. The van der Waals surface area contributed by atoms with Crippen LogP contribution in [0.4, 0.5) is 10.6 Å². The first kappa shape index (κ1) is 19.7. The lowest BCUT2D eigenvalue weighted by Crippen LogP contribution is -2.35. The summed E-state index contributed by atoms with van der Waals surface area (Å²) < 4.78 is 5.25. The molecule has 2 amide bonds. The van der Waals surface area contributed by atoms with Gasteiger partial charge in [0.1, 0.15) is 5.82 Å². The number of hydrogen-bond donors (Lipinski definition) is 2. The SMILES string of the molecule is COC[C@@H](NC(=O)Nc1cc2c(cn1)C(c1ccnc(C)c1)=NC2)c1ccccc1. The zero-order chi connectivity index (χ0) is 20.9. The Hall–Kier alpha value is -3.58. The number of carbonyl (C=O) groups excluding carboxylic acids is 1. The molecule has 3 aromatic rings. The van der Waals surface area contributed by atoms with Gasteiger partial charge in [0.25, 0.3) is 0 Å². The molecule has 0 fully saturated rings. The van der Waals surface area contributed by atoms with Crippen LogP contribution in [0.1, 0.15) is 34.0 Å². The third-order valence-corrected chi connectivity index (χ3v) is 4.90. The molecule has 0 aliphatic carbocycles. The average molecular weight is 401 g/mol. The number of ether oxygens (including phenoxy) is 1. The fourth-order valence-electron chi connectivity index (χ4n) is 3.48. The second kappa shape index (κ2) is 8.84. The van der Waals surface area contributed by atoms with E-state index in [1.807, 2.05) is 55.5 Å². The smallest absolute Gasteiger partial charge is 0.320 e. The number of carbonyl (C=O) groups is 1. The number of pyridine rings is 2. The zero-order valence-corrected chi connectivity index (χ0v) is 16.9. The van der Waals surface area contributed by atoms with Crippen molar-refractivity contribution in [2.75, 3.05) is 19.0 Å². The summed E-state index contributed by atoms with van der Waals surface area (Å²) in [6.07, 6.45) is 3.54. The van der Waals surface area contributed by atoms with Crippen LogP contribution >= 0.6 is 0 Å². The number of amides is 2. The zero-order valence-electron chi connectivity index (χ0n) is 16.9. The maximum absolute atomic E-state index is 12.5. The van der Waals surface area contributed by atoms with Gasteiger partial charge >= 0.3 is 6.03 Å². The highest BCUT2D eigenvalue weighted by Crippen LogP contribution is 2.24. The summed E-state index contributed by atoms with van der Waals surface area (Å²) in [6.45, 7) is 2.88. The van der Waals surface area contributed by atoms with Crippen LogP contribution in [0.5, 0.6) is 0 Å². The van der Waals surface area contributed by atoms with Crippen molar-refractivity contribution in [1.29, 1.82) is 0 Å². The molecule has 7 heteroatoms. The molecule has 3 heterocycles. The number of urea groups is 1. The van der Waals surface area contributed by atoms with E-state index in [0.29, 0.717) is 19.0 Å². The number of benzene rings is 1. The van der Waals surface area contributed by atoms with Crippen LogP contribution in [-0.4, -0.2) is 35.4 Å². The van der Waals surface area contributed by atoms with E-state index in [1.165, 1.54) is 0 Å². The van der Waals surface area contributed by atoms with Crippen LogP contribution in [0.3, 0.4) is 0 Å². The van der Waals surface area contributed by atoms with Gasteiger partial charge < -0.3 is 10.1 Å². The maximum Gasteiger partial charge on any atom is 0.320 e. The Balaban J connectivity index is 1.46. The molecule has 0 saturated carbocycles. The summed E-state index contributed by atoms with van der Waals surface area (Å²) in [6, 6.07) is 14.9. The minimum Gasteiger partial charge on any atom is -0.382 e. The maximum atomic E-state index is 12.5. The number of nitrogens with zero attached hydrogens (tertiary/aromatic N) is 3. The van der Waals surface area contributed by atoms with Crippen molar-refractivity contribution in [2.24, 2.45) is 4.99 Å². The summed E-state index contributed by atoms with van der Waals surface area (Å²) in [5.74, 6) is 0.484. The van der Waals surface area contributed by atoms with Crippen molar-refractivity contribution in [3.05, 3.63) is 88.9 Å². The molecule has 2 aromatic heterocycles. The van der Waals surface area contributed by atoms with Crippen molar-refractivity contribution < 1.29 is 9.53 Å². The van der Waals surface area contributed by atoms with Gasteiger partial charge in [-0.25, -0.2) is 9.78 Å². The highest BCUT2D eigenvalue weighted by Gasteiger charge is 2.20. The molecule has 0 bridgehead atoms. The molecule has 2 N–H and O–H groups in total. The lowest BCUT2D eigenvalue weighted by molar-refractivity contribution is 0.168. The van der Waals surface area contributed by atoms with Crippen molar-refractivity contribution in [2.45, 2.75) is 19.5 Å². The van der Waals surface area contributed by atoms with Crippen LogP contribution in [0, 0.1) is 6.92 Å². The fraction of sp³-hybridized carbons (Fsp3) is 0.217. The number of nitrogens with one attached hydrogen (secondary N) is 2. The molecule has 4 rings (SSSR count). The number of aryl methyl sites for hydroxylation is 1. The molecular formula is C23H23N5O2. The van der Waals surface area contributed by atoms with E-state index in [4.69, 9.17) is 4.74 Å². The molecule has 152 valence electrons. The molecule has 0 unspecified atom stereocenters. The quantitative estimate of drug-likeness (QED) is 0.660. The van der Waals surface area contributed by atoms with Crippen LogP contribution in [-0.2, 0) is 11.3 Å². The van der Waals surface area contributed by atoms with Gasteiger partial charge in [0, 0.05) is 36.3 Å². The molecule has 1 atom stereocenters. The largest absolute Gasteiger partial charge is 0.382 e. The van der Waals surface area contributed by atoms with Gasteiger partial charge in [-0.1, -0.05) is 30.3 Å². The predicted octanol–water partition coefficient (Wildman–Crippen LogP) is 3.65. The van der Waals surface area contributed by atoms with E-state index in [1.54, 1.807) is 19.5 Å². The fourth-order valence-corrected chi connectivity index (χ4v) is 3.48. The molecule has 0 spiro atoms. The van der Waals surface area contributed by atoms with Gasteiger partial charge in [-0.15, -0.1) is 0 Å². The van der Waals surface area contributed by atoms with E-state index in [0.717, 1.165) is 33.7 Å². The Bertz CT molecular complexity index is 1080. The van der Waals surface area contributed by atoms with Crippen LogP contribution in [0.25, 0.3) is 0 Å². The Morgan fingerprint density at radius 3 is 2.77 bits per heavy atom. The number of anilines is 1. The van der Waals surface area contributed by atoms with Crippen molar-refractivity contribution in [3.63, 3.8) is 0 Å². The first-order chi connectivity index (χ1) is 14.6. The summed E-state index contributed by atoms with van der Waals surface area (Å²) in [5.41, 5.74) is 5.85. The van der Waals surface area contributed by atoms with Gasteiger partial charge in [0.05, 0.1) is 24.9 Å². The summed E-state index contributed by atoms with van der Waals surface area (Å²) in [5, 5.41) is 5.76. The monoisotopic (exact) mass is 401 g/mol. The van der Waals surface area contributed by atoms with Gasteiger partial charge in [-0.3, -0.25) is 15.3 Å². The second-order valence-electron chi connectivity index (χ2n) is 7.09. The minimum absolute atomic E-state index is 0.254. The van der Waals surface area contributed by atoms with Gasteiger partial charge in [-0.2, -0.15) is 0 Å². The lowest BCUT2D eigenvalue weighted by Gasteiger charge is -2.18. The lowest BCUT2D eigenvalue weighted by atomic mass is 10.0. The first-order valence-corrected chi connectivity index (χ1v) is 9.72. The number of aliphatic imine (C=N–C) groups is 1. The predicted molar refractivity (Wildman–Crippen MR) is 116 cm³/mol. The summed E-state index contributed by atoms with van der Waals surface area (Å²) in [4.78, 5) is 25.8. The highest BCUT2D eigenvalue weighted by atomic mass is 16.5. The molecule has 0 radical (unpaired) electrons. The Labute approximate surface area is 175 Å². The van der Waals surface area contributed by atoms with Crippen molar-refractivity contribution in [1.82, 2.24) is 15.3 Å². The Kier molecular flexibility index (Phi) is 5.81. The Morgan fingerprint density at radius 2 is 2.00 bits per heavy atom. The first-order valence-electron chi connectivity index (χ1n) is 9.72. The summed E-state index contributed by atoms with van der Waals surface area (Å²) in [7, 11) is 1.61. The van der Waals surface area contributed by atoms with Crippen LogP contribution in [0.15, 0.2) is 65.9 Å². The van der Waals surface area contributed by atoms with Crippen molar-refractivity contribution in [3.8, 4) is 0 Å². The minimum atomic E-state index is -0.336. The summed E-state index contributed by atoms with van der Waals surface area (Å²) >= 11 is 0. The molecule has 1 aromatic carbocycles. The van der Waals surface area contributed by atoms with Crippen LogP contribution in [0.2, 0.25) is 0 Å². The van der Waals surface area contributed by atoms with E-state index >= 15 is 0 Å². The molecule has 0 saturated heterocycles. The molecular weight excluding hydrogens is 378 g/mol. The molecule has 1 aliphatic heterocycles. The van der Waals surface area contributed by atoms with E-state index in [2.05, 4.69) is 25.6 Å². The van der Waals surface area contributed by atoms with E-state index in [-0.39, 0.29) is 12.1 Å². The molecule has 1 aliphatic rings. The molecule has 30 heavy (non-hydrogen) atoms. The standard InChI is InChI=1S/C23H23N5O2/c1-15-10-17(8-9-24-15)22-19-13-25-21(11-18(19)12-26-22)28-23(29)27-20(14-30-2)16-6-4-3-5-7-16/h3-11,13,20H,12,14H2,1-2H3,(H2,25,27,28,29)/t20-/m1/s1. The van der Waals surface area contributed by atoms with E-state index < -0.39 is 0 Å². The Morgan fingerprint density at radius 1 is 1.17 bits per heavy atom. The van der Waals surface area contributed by atoms with E-state index in [9.17, 15) is 4.79 Å².